The third-order valence-corrected chi connectivity index (χ3v) is 1.29. The summed E-state index contributed by atoms with van der Waals surface area (Å²) in [4.78, 5) is 7.82. The van der Waals surface area contributed by atoms with Crippen LogP contribution in [0.1, 0.15) is 20.3 Å². The summed E-state index contributed by atoms with van der Waals surface area (Å²) in [6.45, 7) is 11.3. The van der Waals surface area contributed by atoms with Crippen LogP contribution in [0.5, 0.6) is 0 Å². The Balaban J connectivity index is 3.95. The lowest BCUT2D eigenvalue weighted by atomic mass is 10.2. The number of rotatable bonds is 5. The lowest BCUT2D eigenvalue weighted by molar-refractivity contribution is 1.15. The van der Waals surface area contributed by atoms with E-state index in [4.69, 9.17) is 5.73 Å². The summed E-state index contributed by atoms with van der Waals surface area (Å²) >= 11 is 0. The zero-order valence-corrected chi connectivity index (χ0v) is 8.83. The third kappa shape index (κ3) is 8.46. The second-order valence-corrected chi connectivity index (χ2v) is 3.15. The number of aliphatic imine (C=N–C) groups is 2. The molecule has 0 heterocycles. The molecule has 0 spiro atoms. The molecule has 0 rings (SSSR count). The quantitative estimate of drug-likeness (QED) is 0.405. The van der Waals surface area contributed by atoms with Gasteiger partial charge < -0.3 is 5.73 Å². The highest BCUT2D eigenvalue weighted by Crippen LogP contribution is 2.02. The average Bonchev–Trinajstić information content (AvgIpc) is 2.08. The van der Waals surface area contributed by atoms with E-state index in [-0.39, 0.29) is 0 Å². The minimum absolute atomic E-state index is 0.409. The average molecular weight is 191 g/mol. The predicted octanol–water partition coefficient (Wildman–Crippen LogP) is 2.43. The SMILES string of the molecule is C=C(N)C=NC=NC(=C)CC=C(C)C. The molecule has 0 aromatic heterocycles. The molecule has 0 bridgehead atoms. The van der Waals surface area contributed by atoms with E-state index in [0.717, 1.165) is 12.1 Å². The van der Waals surface area contributed by atoms with E-state index in [1.165, 1.54) is 18.1 Å². The van der Waals surface area contributed by atoms with Gasteiger partial charge in [-0.1, -0.05) is 24.8 Å². The van der Waals surface area contributed by atoms with Crippen LogP contribution in [-0.4, -0.2) is 12.6 Å². The molecule has 0 aromatic rings. The van der Waals surface area contributed by atoms with Crippen molar-refractivity contribution in [1.82, 2.24) is 0 Å². The molecule has 0 aromatic carbocycles. The normalized spacial score (nSPS) is 10.7. The monoisotopic (exact) mass is 191 g/mol. The summed E-state index contributed by atoms with van der Waals surface area (Å²) in [5, 5.41) is 0. The zero-order chi connectivity index (χ0) is 11.0. The first-order valence-corrected chi connectivity index (χ1v) is 4.33. The largest absolute Gasteiger partial charge is 0.398 e. The highest BCUT2D eigenvalue weighted by molar-refractivity contribution is 5.83. The third-order valence-electron chi connectivity index (χ3n) is 1.29. The van der Waals surface area contributed by atoms with Gasteiger partial charge in [-0.15, -0.1) is 0 Å². The van der Waals surface area contributed by atoms with Crippen LogP contribution in [0.4, 0.5) is 0 Å². The standard InChI is InChI=1S/C11H17N3/c1-9(2)5-6-11(4)14-8-13-7-10(3)12/h5,7-8H,3-4,6,12H2,1-2H3. The van der Waals surface area contributed by atoms with Crippen molar-refractivity contribution in [2.75, 3.05) is 0 Å². The van der Waals surface area contributed by atoms with Gasteiger partial charge in [-0.2, -0.15) is 0 Å². The molecule has 0 aliphatic rings. The smallest absolute Gasteiger partial charge is 0.115 e. The van der Waals surface area contributed by atoms with Gasteiger partial charge >= 0.3 is 0 Å². The van der Waals surface area contributed by atoms with Crippen molar-refractivity contribution >= 4 is 12.6 Å². The first-order chi connectivity index (χ1) is 6.52. The summed E-state index contributed by atoms with van der Waals surface area (Å²) < 4.78 is 0. The topological polar surface area (TPSA) is 50.7 Å². The van der Waals surface area contributed by atoms with Crippen LogP contribution in [0, 0.1) is 0 Å². The Hall–Kier alpha value is -1.64. The molecule has 0 amide bonds. The number of hydrogen-bond donors (Lipinski definition) is 1. The molecule has 0 saturated heterocycles. The Morgan fingerprint density at radius 3 is 2.50 bits per heavy atom. The van der Waals surface area contributed by atoms with Crippen molar-refractivity contribution in [2.24, 2.45) is 15.7 Å². The number of nitrogens with zero attached hydrogens (tertiary/aromatic N) is 2. The molecule has 0 aliphatic heterocycles. The van der Waals surface area contributed by atoms with Crippen LogP contribution in [0.15, 0.2) is 46.2 Å². The van der Waals surface area contributed by atoms with E-state index in [1.54, 1.807) is 0 Å². The van der Waals surface area contributed by atoms with E-state index in [0.29, 0.717) is 5.70 Å². The molecule has 3 heteroatoms. The molecule has 0 radical (unpaired) electrons. The fourth-order valence-electron chi connectivity index (χ4n) is 0.619. The summed E-state index contributed by atoms with van der Waals surface area (Å²) in [7, 11) is 0. The lowest BCUT2D eigenvalue weighted by Crippen LogP contribution is -1.94. The number of hydrogen-bond acceptors (Lipinski definition) is 2. The Labute approximate surface area is 85.5 Å². The number of nitrogens with two attached hydrogens (primary N) is 1. The van der Waals surface area contributed by atoms with E-state index < -0.39 is 0 Å². The van der Waals surface area contributed by atoms with E-state index >= 15 is 0 Å². The van der Waals surface area contributed by atoms with Gasteiger partial charge in [-0.3, -0.25) is 0 Å². The Morgan fingerprint density at radius 2 is 2.00 bits per heavy atom. The van der Waals surface area contributed by atoms with E-state index in [2.05, 4.69) is 29.2 Å². The van der Waals surface area contributed by atoms with E-state index in [1.807, 2.05) is 13.8 Å². The number of allylic oxidation sites excluding steroid dienone is 3. The molecule has 0 atom stereocenters. The van der Waals surface area contributed by atoms with Crippen molar-refractivity contribution in [3.8, 4) is 0 Å². The lowest BCUT2D eigenvalue weighted by Gasteiger charge is -1.92. The fraction of sp³-hybridized carbons (Fsp3) is 0.273. The maximum atomic E-state index is 5.27. The minimum Gasteiger partial charge on any atom is -0.398 e. The zero-order valence-electron chi connectivity index (χ0n) is 8.83. The van der Waals surface area contributed by atoms with Crippen molar-refractivity contribution in [2.45, 2.75) is 20.3 Å². The molecule has 3 nitrogen and oxygen atoms in total. The second kappa shape index (κ2) is 6.83. The van der Waals surface area contributed by atoms with Gasteiger partial charge in [0.2, 0.25) is 0 Å². The molecule has 14 heavy (non-hydrogen) atoms. The van der Waals surface area contributed by atoms with E-state index in [9.17, 15) is 0 Å². The van der Waals surface area contributed by atoms with Crippen molar-refractivity contribution in [3.05, 3.63) is 36.2 Å². The molecular formula is C11H17N3. The van der Waals surface area contributed by atoms with Gasteiger partial charge in [0.05, 0.1) is 6.21 Å². The van der Waals surface area contributed by atoms with Crippen LogP contribution in [-0.2, 0) is 0 Å². The van der Waals surface area contributed by atoms with Gasteiger partial charge in [0.1, 0.15) is 6.34 Å². The van der Waals surface area contributed by atoms with Crippen LogP contribution >= 0.6 is 0 Å². The molecule has 2 N–H and O–H groups in total. The molecule has 76 valence electrons. The molecule has 0 saturated carbocycles. The van der Waals surface area contributed by atoms with Crippen LogP contribution in [0.25, 0.3) is 0 Å². The summed E-state index contributed by atoms with van der Waals surface area (Å²) in [5.74, 6) is 0. The van der Waals surface area contributed by atoms with Gasteiger partial charge in [-0.05, 0) is 13.8 Å². The molecular weight excluding hydrogens is 174 g/mol. The van der Waals surface area contributed by atoms with Crippen LogP contribution < -0.4 is 5.73 Å². The Kier molecular flexibility index (Phi) is 6.03. The first-order valence-electron chi connectivity index (χ1n) is 4.33. The van der Waals surface area contributed by atoms with Gasteiger partial charge in [0.15, 0.2) is 0 Å². The highest BCUT2D eigenvalue weighted by atomic mass is 14.9. The second-order valence-electron chi connectivity index (χ2n) is 3.15. The Morgan fingerprint density at radius 1 is 1.36 bits per heavy atom. The van der Waals surface area contributed by atoms with Crippen molar-refractivity contribution in [1.29, 1.82) is 0 Å². The summed E-state index contributed by atoms with van der Waals surface area (Å²) in [5.41, 5.74) is 7.70. The fourth-order valence-corrected chi connectivity index (χ4v) is 0.619. The summed E-state index contributed by atoms with van der Waals surface area (Å²) in [6, 6.07) is 0. The van der Waals surface area contributed by atoms with Crippen molar-refractivity contribution in [3.63, 3.8) is 0 Å². The highest BCUT2D eigenvalue weighted by Gasteiger charge is 1.85. The maximum Gasteiger partial charge on any atom is 0.115 e. The van der Waals surface area contributed by atoms with Gasteiger partial charge in [-0.25, -0.2) is 9.98 Å². The summed E-state index contributed by atoms with van der Waals surface area (Å²) in [6.07, 6.45) is 5.67. The van der Waals surface area contributed by atoms with Crippen molar-refractivity contribution < 1.29 is 0 Å². The predicted molar refractivity (Wildman–Crippen MR) is 63.5 cm³/mol. The first kappa shape index (κ1) is 12.4. The minimum atomic E-state index is 0.409. The van der Waals surface area contributed by atoms with Gasteiger partial charge in [0.25, 0.3) is 0 Å². The Bertz CT molecular complexity index is 292. The van der Waals surface area contributed by atoms with Crippen LogP contribution in [0.2, 0.25) is 0 Å². The molecule has 0 unspecified atom stereocenters. The van der Waals surface area contributed by atoms with Crippen LogP contribution in [0.3, 0.4) is 0 Å². The van der Waals surface area contributed by atoms with Gasteiger partial charge in [0, 0.05) is 17.8 Å². The maximum absolute atomic E-state index is 5.27. The molecule has 0 fully saturated rings. The molecule has 0 aliphatic carbocycles.